The fraction of sp³-hybridized carbons (Fsp3) is 0.500. The lowest BCUT2D eigenvalue weighted by Crippen LogP contribution is -2.19. The molecule has 0 aliphatic rings. The summed E-state index contributed by atoms with van der Waals surface area (Å²) in [4.78, 5) is 10.7. The minimum absolute atomic E-state index is 0.0515. The highest BCUT2D eigenvalue weighted by Crippen LogP contribution is 1.86. The van der Waals surface area contributed by atoms with Gasteiger partial charge in [0.2, 0.25) is 5.91 Å². The van der Waals surface area contributed by atoms with Crippen LogP contribution in [0.3, 0.4) is 0 Å². The Morgan fingerprint density at radius 1 is 1.44 bits per heavy atom. The first-order valence-corrected chi connectivity index (χ1v) is 2.78. The first-order valence-electron chi connectivity index (χ1n) is 2.78. The lowest BCUT2D eigenvalue weighted by Gasteiger charge is -1.96. The van der Waals surface area contributed by atoms with E-state index in [1.807, 2.05) is 0 Å². The van der Waals surface area contributed by atoms with Gasteiger partial charge in [0.25, 0.3) is 0 Å². The summed E-state index contributed by atoms with van der Waals surface area (Å²) in [5, 5.41) is 5.26. The van der Waals surface area contributed by atoms with E-state index in [0.717, 1.165) is 0 Å². The number of hydrogen-bond donors (Lipinski definition) is 2. The lowest BCUT2D eigenvalue weighted by molar-refractivity contribution is -0.117. The van der Waals surface area contributed by atoms with E-state index in [-0.39, 0.29) is 5.91 Å². The monoisotopic (exact) mass is 128 g/mol. The normalized spacial score (nSPS) is 10.8. The van der Waals surface area contributed by atoms with Gasteiger partial charge in [0.15, 0.2) is 0 Å². The van der Waals surface area contributed by atoms with Gasteiger partial charge in [-0.2, -0.15) is 0 Å². The molecule has 9 heavy (non-hydrogen) atoms. The van der Waals surface area contributed by atoms with Crippen LogP contribution in [0.25, 0.3) is 0 Å². The topological polar surface area (TPSA) is 41.1 Å². The molecule has 0 spiro atoms. The number of carbonyl (C=O) groups excluding carboxylic acids is 1. The van der Waals surface area contributed by atoms with E-state index < -0.39 is 0 Å². The summed E-state index contributed by atoms with van der Waals surface area (Å²) in [7, 11) is 3.36. The molecule has 3 heteroatoms. The van der Waals surface area contributed by atoms with Gasteiger partial charge in [-0.05, 0) is 6.92 Å². The molecule has 0 saturated carbocycles. The Morgan fingerprint density at radius 2 is 2.00 bits per heavy atom. The van der Waals surface area contributed by atoms with Gasteiger partial charge in [-0.15, -0.1) is 0 Å². The number of rotatable bonds is 2. The van der Waals surface area contributed by atoms with E-state index in [4.69, 9.17) is 0 Å². The standard InChI is InChI=1S/C6H12N2O/c1-5(4-7-2)6(9)8-3/h4,7H,1-3H3,(H,8,9)/b5-4-. The van der Waals surface area contributed by atoms with Crippen LogP contribution in [0, 0.1) is 0 Å². The molecule has 0 rings (SSSR count). The summed E-state index contributed by atoms with van der Waals surface area (Å²) in [6.45, 7) is 1.75. The average molecular weight is 128 g/mol. The van der Waals surface area contributed by atoms with Crippen molar-refractivity contribution in [1.82, 2.24) is 10.6 Å². The minimum atomic E-state index is -0.0515. The zero-order valence-corrected chi connectivity index (χ0v) is 5.99. The quantitative estimate of drug-likeness (QED) is 0.508. The first-order chi connectivity index (χ1) is 4.22. The summed E-state index contributed by atoms with van der Waals surface area (Å²) in [5.74, 6) is -0.0515. The molecular formula is C6H12N2O. The number of likely N-dealkylation sites (N-methyl/N-ethyl adjacent to an activating group) is 1. The molecule has 0 aliphatic heterocycles. The van der Waals surface area contributed by atoms with Gasteiger partial charge < -0.3 is 10.6 Å². The van der Waals surface area contributed by atoms with Gasteiger partial charge >= 0.3 is 0 Å². The predicted molar refractivity (Wildman–Crippen MR) is 36.9 cm³/mol. The van der Waals surface area contributed by atoms with Gasteiger partial charge in [0.05, 0.1) is 0 Å². The average Bonchev–Trinajstić information content (AvgIpc) is 1.87. The summed E-state index contributed by atoms with van der Waals surface area (Å²) in [6, 6.07) is 0. The lowest BCUT2D eigenvalue weighted by atomic mass is 10.3. The van der Waals surface area contributed by atoms with E-state index in [0.29, 0.717) is 5.57 Å². The van der Waals surface area contributed by atoms with Crippen molar-refractivity contribution in [3.63, 3.8) is 0 Å². The predicted octanol–water partition coefficient (Wildman–Crippen LogP) is -0.144. The van der Waals surface area contributed by atoms with Crippen LogP contribution in [-0.4, -0.2) is 20.0 Å². The number of nitrogens with one attached hydrogen (secondary N) is 2. The summed E-state index contributed by atoms with van der Waals surface area (Å²) < 4.78 is 0. The molecule has 0 atom stereocenters. The van der Waals surface area contributed by atoms with Crippen molar-refractivity contribution in [2.45, 2.75) is 6.92 Å². The summed E-state index contributed by atoms with van der Waals surface area (Å²) >= 11 is 0. The van der Waals surface area contributed by atoms with Crippen molar-refractivity contribution < 1.29 is 4.79 Å². The first kappa shape index (κ1) is 8.01. The Hall–Kier alpha value is -0.990. The molecule has 1 amide bonds. The molecule has 52 valence electrons. The van der Waals surface area contributed by atoms with E-state index >= 15 is 0 Å². The van der Waals surface area contributed by atoms with Crippen LogP contribution in [-0.2, 0) is 4.79 Å². The summed E-state index contributed by atoms with van der Waals surface area (Å²) in [6.07, 6.45) is 1.65. The highest BCUT2D eigenvalue weighted by atomic mass is 16.1. The van der Waals surface area contributed by atoms with Crippen LogP contribution < -0.4 is 10.6 Å². The number of hydrogen-bond acceptors (Lipinski definition) is 2. The molecule has 0 aromatic carbocycles. The van der Waals surface area contributed by atoms with Gasteiger partial charge in [0.1, 0.15) is 0 Å². The molecule has 2 N–H and O–H groups in total. The molecule has 0 fully saturated rings. The Morgan fingerprint density at radius 3 is 2.33 bits per heavy atom. The van der Waals surface area contributed by atoms with E-state index in [2.05, 4.69) is 10.6 Å². The van der Waals surface area contributed by atoms with Crippen LogP contribution in [0.2, 0.25) is 0 Å². The smallest absolute Gasteiger partial charge is 0.248 e. The molecule has 0 heterocycles. The molecule has 0 saturated heterocycles. The molecule has 0 aliphatic carbocycles. The molecule has 0 aromatic rings. The largest absolute Gasteiger partial charge is 0.394 e. The van der Waals surface area contributed by atoms with Crippen LogP contribution in [0.5, 0.6) is 0 Å². The fourth-order valence-electron chi connectivity index (χ4n) is 0.479. The van der Waals surface area contributed by atoms with Crippen LogP contribution in [0.4, 0.5) is 0 Å². The minimum Gasteiger partial charge on any atom is -0.394 e. The molecule has 0 aromatic heterocycles. The maximum Gasteiger partial charge on any atom is 0.248 e. The second kappa shape index (κ2) is 3.95. The third-order valence-corrected chi connectivity index (χ3v) is 0.946. The number of carbonyl (C=O) groups is 1. The maximum absolute atomic E-state index is 10.7. The van der Waals surface area contributed by atoms with Crippen LogP contribution in [0.1, 0.15) is 6.92 Å². The van der Waals surface area contributed by atoms with Crippen molar-refractivity contribution in [2.24, 2.45) is 0 Å². The Balaban J connectivity index is 3.86. The maximum atomic E-state index is 10.7. The molecule has 0 bridgehead atoms. The fourth-order valence-corrected chi connectivity index (χ4v) is 0.479. The molecule has 3 nitrogen and oxygen atoms in total. The number of amides is 1. The van der Waals surface area contributed by atoms with Crippen molar-refractivity contribution >= 4 is 5.91 Å². The Labute approximate surface area is 55.1 Å². The third-order valence-electron chi connectivity index (χ3n) is 0.946. The molecular weight excluding hydrogens is 116 g/mol. The molecule has 0 unspecified atom stereocenters. The zero-order valence-electron chi connectivity index (χ0n) is 5.99. The van der Waals surface area contributed by atoms with Gasteiger partial charge in [-0.3, -0.25) is 4.79 Å². The van der Waals surface area contributed by atoms with E-state index in [1.165, 1.54) is 0 Å². The van der Waals surface area contributed by atoms with Crippen molar-refractivity contribution in [1.29, 1.82) is 0 Å². The highest BCUT2D eigenvalue weighted by molar-refractivity contribution is 5.92. The van der Waals surface area contributed by atoms with Crippen molar-refractivity contribution in [2.75, 3.05) is 14.1 Å². The Bertz CT molecular complexity index is 129. The second-order valence-corrected chi connectivity index (χ2v) is 1.70. The van der Waals surface area contributed by atoms with Gasteiger partial charge in [-0.1, -0.05) is 0 Å². The van der Waals surface area contributed by atoms with Gasteiger partial charge in [0, 0.05) is 25.9 Å². The Kier molecular flexibility index (Phi) is 3.51. The zero-order chi connectivity index (χ0) is 7.28. The summed E-state index contributed by atoms with van der Waals surface area (Å²) in [5.41, 5.74) is 0.681. The third kappa shape index (κ3) is 2.74. The van der Waals surface area contributed by atoms with E-state index in [1.54, 1.807) is 27.2 Å². The van der Waals surface area contributed by atoms with Crippen LogP contribution in [0.15, 0.2) is 11.8 Å². The molecule has 0 radical (unpaired) electrons. The van der Waals surface area contributed by atoms with E-state index in [9.17, 15) is 4.79 Å². The second-order valence-electron chi connectivity index (χ2n) is 1.70. The van der Waals surface area contributed by atoms with Gasteiger partial charge in [-0.25, -0.2) is 0 Å². The highest BCUT2D eigenvalue weighted by Gasteiger charge is 1.96. The van der Waals surface area contributed by atoms with Crippen LogP contribution >= 0.6 is 0 Å². The van der Waals surface area contributed by atoms with Crippen molar-refractivity contribution in [3.05, 3.63) is 11.8 Å². The van der Waals surface area contributed by atoms with Crippen molar-refractivity contribution in [3.8, 4) is 0 Å². The SMILES string of the molecule is CN/C=C(/C)C(=O)NC.